The summed E-state index contributed by atoms with van der Waals surface area (Å²) in [7, 11) is 0. The molecule has 1 aliphatic heterocycles. The number of carbonyl (C=O) groups is 2. The van der Waals surface area contributed by atoms with Crippen molar-refractivity contribution in [1.29, 1.82) is 0 Å². The lowest BCUT2D eigenvalue weighted by atomic mass is 10.0. The molecule has 0 saturated carbocycles. The Labute approximate surface area is 211 Å². The van der Waals surface area contributed by atoms with Crippen molar-refractivity contribution in [3.05, 3.63) is 116 Å². The first-order chi connectivity index (χ1) is 16.4. The molecule has 0 saturated heterocycles. The number of para-hydroxylation sites is 1. The number of hydrogen-bond donors (Lipinski definition) is 2. The maximum Gasteiger partial charge on any atom is 0.257 e. The number of benzene rings is 3. The highest BCUT2D eigenvalue weighted by molar-refractivity contribution is 6.37. The number of hydrogen-bond acceptors (Lipinski definition) is 3. The fourth-order valence-corrected chi connectivity index (χ4v) is 4.75. The highest BCUT2D eigenvalue weighted by Crippen LogP contribution is 2.33. The summed E-state index contributed by atoms with van der Waals surface area (Å²) in [6.45, 7) is 0.576. The zero-order chi connectivity index (χ0) is 23.8. The smallest absolute Gasteiger partial charge is 0.257 e. The minimum absolute atomic E-state index is 0.105. The normalized spacial score (nSPS) is 14.4. The van der Waals surface area contributed by atoms with E-state index < -0.39 is 6.04 Å². The molecule has 0 radical (unpaired) electrons. The first-order valence-corrected chi connectivity index (χ1v) is 11.6. The number of carbonyl (C=O) groups excluding carboxylic acids is 2. The summed E-state index contributed by atoms with van der Waals surface area (Å²) in [5.41, 5.74) is 4.09. The van der Waals surface area contributed by atoms with E-state index in [1.807, 2.05) is 34.9 Å². The van der Waals surface area contributed by atoms with Gasteiger partial charge in [0.05, 0.1) is 17.1 Å². The third-order valence-corrected chi connectivity index (χ3v) is 6.65. The molecule has 170 valence electrons. The van der Waals surface area contributed by atoms with Gasteiger partial charge < -0.3 is 15.2 Å². The van der Waals surface area contributed by atoms with E-state index in [0.717, 1.165) is 16.9 Å². The second-order valence-electron chi connectivity index (χ2n) is 7.92. The van der Waals surface area contributed by atoms with Crippen LogP contribution in [0.4, 0.5) is 11.4 Å². The molecule has 5 rings (SSSR count). The van der Waals surface area contributed by atoms with Gasteiger partial charge in [0.25, 0.3) is 5.91 Å². The van der Waals surface area contributed by atoms with Crippen LogP contribution in [0.25, 0.3) is 0 Å². The highest BCUT2D eigenvalue weighted by Gasteiger charge is 2.29. The SMILES string of the molecule is O=C(Nc1ccc(C(=O)C2Nc3ccccc3Cn3c(Cl)ccc32)cc1)c1ccc(Cl)cc1Cl. The summed E-state index contributed by atoms with van der Waals surface area (Å²) in [5, 5.41) is 7.46. The van der Waals surface area contributed by atoms with E-state index in [1.165, 1.54) is 6.07 Å². The van der Waals surface area contributed by atoms with E-state index in [1.54, 1.807) is 42.5 Å². The van der Waals surface area contributed by atoms with Crippen molar-refractivity contribution in [2.24, 2.45) is 0 Å². The second-order valence-corrected chi connectivity index (χ2v) is 9.15. The van der Waals surface area contributed by atoms with Crippen LogP contribution in [0.5, 0.6) is 0 Å². The molecule has 1 amide bonds. The van der Waals surface area contributed by atoms with Gasteiger partial charge in [0.15, 0.2) is 5.78 Å². The van der Waals surface area contributed by atoms with E-state index in [-0.39, 0.29) is 16.7 Å². The number of Topliss-reactive ketones (excluding diaryl/α,β-unsaturated/α-hetero) is 1. The molecule has 8 heteroatoms. The number of fused-ring (bicyclic) bond motifs is 2. The van der Waals surface area contributed by atoms with E-state index in [2.05, 4.69) is 10.6 Å². The Morgan fingerprint density at radius 2 is 1.68 bits per heavy atom. The Bertz CT molecular complexity index is 1410. The average molecular weight is 511 g/mol. The number of rotatable bonds is 4. The predicted octanol–water partition coefficient (Wildman–Crippen LogP) is 7.10. The summed E-state index contributed by atoms with van der Waals surface area (Å²) in [5.74, 6) is -0.471. The molecule has 1 unspecified atom stereocenters. The maximum atomic E-state index is 13.5. The largest absolute Gasteiger partial charge is 0.370 e. The number of aromatic nitrogens is 1. The van der Waals surface area contributed by atoms with Gasteiger partial charge in [0, 0.05) is 27.7 Å². The molecule has 3 aromatic carbocycles. The van der Waals surface area contributed by atoms with Crippen molar-refractivity contribution in [1.82, 2.24) is 4.57 Å². The molecule has 0 bridgehead atoms. The zero-order valence-electron chi connectivity index (χ0n) is 17.7. The molecule has 2 heterocycles. The maximum absolute atomic E-state index is 13.5. The lowest BCUT2D eigenvalue weighted by Crippen LogP contribution is -2.22. The van der Waals surface area contributed by atoms with Crippen LogP contribution >= 0.6 is 34.8 Å². The molecular weight excluding hydrogens is 493 g/mol. The van der Waals surface area contributed by atoms with Crippen molar-refractivity contribution in [2.45, 2.75) is 12.6 Å². The van der Waals surface area contributed by atoms with Gasteiger partial charge in [-0.05, 0) is 66.2 Å². The quantitative estimate of drug-likeness (QED) is 0.288. The fraction of sp³-hybridized carbons (Fsp3) is 0.0769. The molecular formula is C26H18Cl3N3O2. The Hall–Kier alpha value is -3.25. The Balaban J connectivity index is 1.39. The van der Waals surface area contributed by atoms with E-state index in [4.69, 9.17) is 34.8 Å². The number of amides is 1. The third-order valence-electron chi connectivity index (χ3n) is 5.77. The van der Waals surface area contributed by atoms with Crippen LogP contribution in [0.3, 0.4) is 0 Å². The van der Waals surface area contributed by atoms with Crippen LogP contribution < -0.4 is 10.6 Å². The minimum atomic E-state index is -0.607. The molecule has 34 heavy (non-hydrogen) atoms. The summed E-state index contributed by atoms with van der Waals surface area (Å²) in [4.78, 5) is 26.1. The zero-order valence-corrected chi connectivity index (χ0v) is 20.0. The van der Waals surface area contributed by atoms with Gasteiger partial charge in [-0.2, -0.15) is 0 Å². The van der Waals surface area contributed by atoms with Crippen LogP contribution in [0.15, 0.2) is 78.9 Å². The van der Waals surface area contributed by atoms with Crippen molar-refractivity contribution in [2.75, 3.05) is 10.6 Å². The molecule has 0 fully saturated rings. The summed E-state index contributed by atoms with van der Waals surface area (Å²) >= 11 is 18.4. The van der Waals surface area contributed by atoms with Gasteiger partial charge in [-0.25, -0.2) is 0 Å². The Morgan fingerprint density at radius 3 is 2.44 bits per heavy atom. The minimum Gasteiger partial charge on any atom is -0.370 e. The third kappa shape index (κ3) is 4.30. The number of nitrogens with one attached hydrogen (secondary N) is 2. The van der Waals surface area contributed by atoms with E-state index in [9.17, 15) is 9.59 Å². The standard InChI is InChI=1S/C26H18Cl3N3O2/c27-17-7-10-19(20(28)13-17)26(34)30-18-8-5-15(6-9-18)25(33)24-22-11-12-23(29)32(22)14-16-3-1-2-4-21(16)31-24/h1-13,24,31H,14H2,(H,30,34). The summed E-state index contributed by atoms with van der Waals surface area (Å²) in [6.07, 6.45) is 0. The number of anilines is 2. The van der Waals surface area contributed by atoms with Gasteiger partial charge in [0.2, 0.25) is 0 Å². The topological polar surface area (TPSA) is 63.1 Å². The molecule has 0 aliphatic carbocycles. The van der Waals surface area contributed by atoms with Crippen molar-refractivity contribution < 1.29 is 9.59 Å². The molecule has 1 aliphatic rings. The summed E-state index contributed by atoms with van der Waals surface area (Å²) < 4.78 is 1.94. The van der Waals surface area contributed by atoms with Gasteiger partial charge >= 0.3 is 0 Å². The Kier molecular flexibility index (Phi) is 6.09. The van der Waals surface area contributed by atoms with Gasteiger partial charge in [-0.1, -0.05) is 53.0 Å². The van der Waals surface area contributed by atoms with Crippen molar-refractivity contribution in [3.8, 4) is 0 Å². The van der Waals surface area contributed by atoms with Crippen LogP contribution in [-0.2, 0) is 6.54 Å². The van der Waals surface area contributed by atoms with Gasteiger partial charge in [-0.15, -0.1) is 0 Å². The number of nitrogens with zero attached hydrogens (tertiary/aromatic N) is 1. The van der Waals surface area contributed by atoms with Crippen LogP contribution in [0, 0.1) is 0 Å². The lowest BCUT2D eigenvalue weighted by molar-refractivity contribution is 0.0966. The Morgan fingerprint density at radius 1 is 0.912 bits per heavy atom. The molecule has 2 N–H and O–H groups in total. The van der Waals surface area contributed by atoms with Gasteiger partial charge in [0.1, 0.15) is 11.2 Å². The average Bonchev–Trinajstić information content (AvgIpc) is 3.08. The molecule has 0 spiro atoms. The summed E-state index contributed by atoms with van der Waals surface area (Å²) in [6, 6.07) is 22.4. The lowest BCUT2D eigenvalue weighted by Gasteiger charge is -2.18. The van der Waals surface area contributed by atoms with Crippen molar-refractivity contribution >= 4 is 57.9 Å². The monoisotopic (exact) mass is 509 g/mol. The fourth-order valence-electron chi connectivity index (χ4n) is 4.03. The molecule has 4 aromatic rings. The molecule has 5 nitrogen and oxygen atoms in total. The van der Waals surface area contributed by atoms with Crippen LogP contribution in [0.2, 0.25) is 15.2 Å². The van der Waals surface area contributed by atoms with Crippen LogP contribution in [-0.4, -0.2) is 16.3 Å². The first-order valence-electron chi connectivity index (χ1n) is 10.5. The van der Waals surface area contributed by atoms with Crippen molar-refractivity contribution in [3.63, 3.8) is 0 Å². The van der Waals surface area contributed by atoms with Gasteiger partial charge in [-0.3, -0.25) is 9.59 Å². The number of ketones is 1. The predicted molar refractivity (Wildman–Crippen MR) is 137 cm³/mol. The highest BCUT2D eigenvalue weighted by atomic mass is 35.5. The van der Waals surface area contributed by atoms with E-state index in [0.29, 0.717) is 33.5 Å². The second kappa shape index (κ2) is 9.18. The van der Waals surface area contributed by atoms with E-state index >= 15 is 0 Å². The number of halogens is 3. The van der Waals surface area contributed by atoms with Crippen LogP contribution in [0.1, 0.15) is 38.0 Å². The first kappa shape index (κ1) is 22.5. The molecule has 1 aromatic heterocycles. The molecule has 1 atom stereocenters.